The van der Waals surface area contributed by atoms with Gasteiger partial charge in [0.25, 0.3) is 0 Å². The summed E-state index contributed by atoms with van der Waals surface area (Å²) in [6, 6.07) is 0. The highest BCUT2D eigenvalue weighted by Crippen LogP contribution is 2.04. The standard InChI is InChI=1S/C12H24O2Si2/c1-12(11-14-16(5,6)7)9-8-10-13-15(2,3)4/h1,10-11H2,2-7H3. The molecule has 4 heteroatoms. The number of hydrogen-bond donors (Lipinski definition) is 0. The maximum Gasteiger partial charge on any atom is 0.185 e. The summed E-state index contributed by atoms with van der Waals surface area (Å²) in [5, 5.41) is 0. The van der Waals surface area contributed by atoms with Gasteiger partial charge in [-0.1, -0.05) is 18.4 Å². The molecule has 0 amide bonds. The van der Waals surface area contributed by atoms with Crippen LogP contribution in [0.15, 0.2) is 12.2 Å². The van der Waals surface area contributed by atoms with Gasteiger partial charge in [-0.05, 0) is 39.3 Å². The molecule has 0 aromatic heterocycles. The smallest absolute Gasteiger partial charge is 0.185 e. The first-order valence-electron chi connectivity index (χ1n) is 5.55. The van der Waals surface area contributed by atoms with Gasteiger partial charge in [-0.15, -0.1) is 0 Å². The summed E-state index contributed by atoms with van der Waals surface area (Å²) in [6.45, 7) is 17.8. The fourth-order valence-corrected chi connectivity index (χ4v) is 1.87. The molecule has 0 aliphatic carbocycles. The molecule has 0 N–H and O–H groups in total. The third kappa shape index (κ3) is 11.7. The van der Waals surface area contributed by atoms with E-state index in [9.17, 15) is 0 Å². The van der Waals surface area contributed by atoms with E-state index in [0.717, 1.165) is 5.57 Å². The summed E-state index contributed by atoms with van der Waals surface area (Å²) in [5.74, 6) is 5.95. The molecule has 0 aliphatic heterocycles. The SMILES string of the molecule is C=C(C#CCO[Si](C)(C)C)CO[Si](C)(C)C. The Morgan fingerprint density at radius 1 is 1.00 bits per heavy atom. The lowest BCUT2D eigenvalue weighted by molar-refractivity contribution is 0.351. The van der Waals surface area contributed by atoms with E-state index < -0.39 is 16.6 Å². The van der Waals surface area contributed by atoms with E-state index in [1.165, 1.54) is 0 Å². The molecule has 0 saturated heterocycles. The van der Waals surface area contributed by atoms with Gasteiger partial charge in [-0.25, -0.2) is 0 Å². The van der Waals surface area contributed by atoms with Crippen LogP contribution in [0.1, 0.15) is 0 Å². The Balaban J connectivity index is 3.85. The average molecular weight is 256 g/mol. The first kappa shape index (κ1) is 15.7. The maximum atomic E-state index is 5.69. The lowest BCUT2D eigenvalue weighted by Crippen LogP contribution is -2.26. The highest BCUT2D eigenvalue weighted by atomic mass is 28.4. The minimum atomic E-state index is -1.45. The molecule has 0 rings (SSSR count). The molecule has 0 fully saturated rings. The molecule has 0 saturated carbocycles. The van der Waals surface area contributed by atoms with Gasteiger partial charge in [0, 0.05) is 5.57 Å². The van der Waals surface area contributed by atoms with Crippen molar-refractivity contribution in [2.75, 3.05) is 13.2 Å². The van der Waals surface area contributed by atoms with Crippen LogP contribution >= 0.6 is 0 Å². The second kappa shape index (κ2) is 6.40. The highest BCUT2D eigenvalue weighted by Gasteiger charge is 2.14. The predicted octanol–water partition coefficient (Wildman–Crippen LogP) is 3.25. The normalized spacial score (nSPS) is 11.9. The zero-order valence-electron chi connectivity index (χ0n) is 11.4. The van der Waals surface area contributed by atoms with Gasteiger partial charge >= 0.3 is 0 Å². The van der Waals surface area contributed by atoms with Gasteiger partial charge in [0.05, 0.1) is 13.2 Å². The second-order valence-electron chi connectivity index (χ2n) is 5.71. The van der Waals surface area contributed by atoms with Crippen LogP contribution in [-0.4, -0.2) is 29.8 Å². The minimum absolute atomic E-state index is 0.502. The van der Waals surface area contributed by atoms with Crippen molar-refractivity contribution in [3.8, 4) is 11.8 Å². The first-order valence-corrected chi connectivity index (χ1v) is 12.4. The summed E-state index contributed by atoms with van der Waals surface area (Å²) in [6.07, 6.45) is 0. The van der Waals surface area contributed by atoms with Crippen LogP contribution in [0, 0.1) is 11.8 Å². The van der Waals surface area contributed by atoms with E-state index in [2.05, 4.69) is 57.7 Å². The Bertz CT molecular complexity index is 287. The molecule has 0 aliphatic rings. The van der Waals surface area contributed by atoms with Crippen molar-refractivity contribution in [3.63, 3.8) is 0 Å². The molecule has 0 spiro atoms. The third-order valence-corrected chi connectivity index (χ3v) is 3.54. The van der Waals surface area contributed by atoms with E-state index in [1.807, 2.05) is 0 Å². The van der Waals surface area contributed by atoms with Gasteiger partial charge in [0.2, 0.25) is 0 Å². The Labute approximate surface area is 102 Å². The van der Waals surface area contributed by atoms with Gasteiger partial charge in [0.1, 0.15) is 0 Å². The molecule has 0 radical (unpaired) electrons. The Hall–Kier alpha value is -0.346. The van der Waals surface area contributed by atoms with E-state index >= 15 is 0 Å². The summed E-state index contributed by atoms with van der Waals surface area (Å²) < 4.78 is 11.3. The fraction of sp³-hybridized carbons (Fsp3) is 0.667. The molecule has 0 aromatic rings. The lowest BCUT2D eigenvalue weighted by Gasteiger charge is -2.16. The molecular formula is C12H24O2Si2. The molecule has 2 nitrogen and oxygen atoms in total. The Morgan fingerprint density at radius 3 is 1.94 bits per heavy atom. The molecular weight excluding hydrogens is 232 g/mol. The van der Waals surface area contributed by atoms with Crippen molar-refractivity contribution < 1.29 is 8.85 Å². The molecule has 16 heavy (non-hydrogen) atoms. The molecule has 0 bridgehead atoms. The van der Waals surface area contributed by atoms with Crippen LogP contribution in [0.4, 0.5) is 0 Å². The maximum absolute atomic E-state index is 5.69. The highest BCUT2D eigenvalue weighted by molar-refractivity contribution is 6.70. The summed E-state index contributed by atoms with van der Waals surface area (Å²) in [4.78, 5) is 0. The van der Waals surface area contributed by atoms with Gasteiger partial charge in [-0.2, -0.15) is 0 Å². The van der Waals surface area contributed by atoms with Crippen LogP contribution in [0.3, 0.4) is 0 Å². The van der Waals surface area contributed by atoms with Crippen molar-refractivity contribution in [1.29, 1.82) is 0 Å². The van der Waals surface area contributed by atoms with Crippen LogP contribution in [0.25, 0.3) is 0 Å². The van der Waals surface area contributed by atoms with E-state index in [-0.39, 0.29) is 0 Å². The van der Waals surface area contributed by atoms with E-state index in [1.54, 1.807) is 0 Å². The van der Waals surface area contributed by atoms with Crippen molar-refractivity contribution in [1.82, 2.24) is 0 Å². The minimum Gasteiger partial charge on any atom is -0.413 e. The quantitative estimate of drug-likeness (QED) is 0.555. The van der Waals surface area contributed by atoms with Crippen molar-refractivity contribution in [2.45, 2.75) is 39.3 Å². The molecule has 92 valence electrons. The first-order chi connectivity index (χ1) is 7.10. The number of rotatable bonds is 5. The summed E-state index contributed by atoms with van der Waals surface area (Å²) >= 11 is 0. The van der Waals surface area contributed by atoms with E-state index in [4.69, 9.17) is 8.85 Å². The zero-order valence-corrected chi connectivity index (χ0v) is 13.4. The molecule has 0 heterocycles. The van der Waals surface area contributed by atoms with Gasteiger partial charge < -0.3 is 8.85 Å². The predicted molar refractivity (Wildman–Crippen MR) is 75.5 cm³/mol. The topological polar surface area (TPSA) is 18.5 Å². The number of hydrogen-bond acceptors (Lipinski definition) is 2. The van der Waals surface area contributed by atoms with Crippen LogP contribution in [0.5, 0.6) is 0 Å². The Morgan fingerprint density at radius 2 is 1.50 bits per heavy atom. The molecule has 0 unspecified atom stereocenters. The lowest BCUT2D eigenvalue weighted by atomic mass is 10.3. The average Bonchev–Trinajstić information content (AvgIpc) is 2.06. The van der Waals surface area contributed by atoms with Crippen molar-refractivity contribution in [2.24, 2.45) is 0 Å². The van der Waals surface area contributed by atoms with Gasteiger partial charge in [-0.3, -0.25) is 0 Å². The van der Waals surface area contributed by atoms with Crippen LogP contribution in [-0.2, 0) is 8.85 Å². The van der Waals surface area contributed by atoms with Crippen LogP contribution < -0.4 is 0 Å². The summed E-state index contributed by atoms with van der Waals surface area (Å²) in [5.41, 5.74) is 0.835. The monoisotopic (exact) mass is 256 g/mol. The summed E-state index contributed by atoms with van der Waals surface area (Å²) in [7, 11) is -2.88. The Kier molecular flexibility index (Phi) is 6.27. The largest absolute Gasteiger partial charge is 0.413 e. The van der Waals surface area contributed by atoms with Gasteiger partial charge in [0.15, 0.2) is 16.6 Å². The third-order valence-electron chi connectivity index (χ3n) is 1.52. The fourth-order valence-electron chi connectivity index (χ4n) is 0.753. The van der Waals surface area contributed by atoms with Crippen LogP contribution in [0.2, 0.25) is 39.3 Å². The second-order valence-corrected chi connectivity index (χ2v) is 14.7. The zero-order chi connectivity index (χ0) is 12.8. The molecule has 0 atom stereocenters. The van der Waals surface area contributed by atoms with Crippen molar-refractivity contribution in [3.05, 3.63) is 12.2 Å². The van der Waals surface area contributed by atoms with Crippen molar-refractivity contribution >= 4 is 16.6 Å². The van der Waals surface area contributed by atoms with E-state index in [0.29, 0.717) is 13.2 Å². The molecule has 0 aromatic carbocycles.